The molecule has 0 heterocycles. The molecule has 1 aliphatic rings. The van der Waals surface area contributed by atoms with Gasteiger partial charge in [-0.15, -0.1) is 0 Å². The van der Waals surface area contributed by atoms with E-state index in [1.807, 2.05) is 5.32 Å². The van der Waals surface area contributed by atoms with Crippen molar-refractivity contribution in [2.45, 2.75) is 0 Å². The second kappa shape index (κ2) is 9.60. The topological polar surface area (TPSA) is 92.3 Å². The number of rotatable bonds is 4. The predicted octanol–water partition coefficient (Wildman–Crippen LogP) is 5.66. The molecule has 0 atom stereocenters. The third-order valence-electron chi connectivity index (χ3n) is 6.05. The number of fused-ring (bicyclic) bond motifs is 2. The second-order valence-electron chi connectivity index (χ2n) is 8.33. The maximum atomic E-state index is 14.2. The summed E-state index contributed by atoms with van der Waals surface area (Å²) < 4.78 is 69.3. The quantitative estimate of drug-likeness (QED) is 0.176. The van der Waals surface area contributed by atoms with Crippen LogP contribution in [-0.4, -0.2) is 23.4 Å². The molecule has 4 aromatic rings. The molecule has 0 saturated carbocycles. The Morgan fingerprint density at radius 3 is 1.41 bits per heavy atom. The van der Waals surface area contributed by atoms with Gasteiger partial charge >= 0.3 is 0 Å². The molecule has 0 bridgehead atoms. The Bertz CT molecular complexity index is 1710. The van der Waals surface area contributed by atoms with Crippen molar-refractivity contribution in [1.82, 2.24) is 0 Å². The summed E-state index contributed by atoms with van der Waals surface area (Å²) in [4.78, 5) is 52.4. The zero-order chi connectivity index (χ0) is 28.0. The third-order valence-corrected chi connectivity index (χ3v) is 6.05. The Morgan fingerprint density at radius 2 is 0.923 bits per heavy atom. The second-order valence-corrected chi connectivity index (χ2v) is 8.33. The summed E-state index contributed by atoms with van der Waals surface area (Å²) in [5.41, 5.74) is -2.96. The normalized spacial score (nSPS) is 12.0. The average molecular weight is 536 g/mol. The van der Waals surface area contributed by atoms with Crippen LogP contribution in [0.5, 0.6) is 0 Å². The first-order valence-electron chi connectivity index (χ1n) is 11.2. The number of benzene rings is 4. The molecule has 2 amide bonds. The summed E-state index contributed by atoms with van der Waals surface area (Å²) in [6.45, 7) is 0. The summed E-state index contributed by atoms with van der Waals surface area (Å²) >= 11 is 0. The van der Waals surface area contributed by atoms with E-state index in [2.05, 4.69) is 5.32 Å². The summed E-state index contributed by atoms with van der Waals surface area (Å²) in [6.07, 6.45) is 0. The first-order valence-corrected chi connectivity index (χ1v) is 11.2. The number of amides is 2. The van der Waals surface area contributed by atoms with E-state index in [-0.39, 0.29) is 27.9 Å². The van der Waals surface area contributed by atoms with Crippen molar-refractivity contribution in [1.29, 1.82) is 0 Å². The van der Waals surface area contributed by atoms with Crippen LogP contribution in [0.1, 0.15) is 52.6 Å². The van der Waals surface area contributed by atoms with E-state index in [4.69, 9.17) is 0 Å². The first kappa shape index (κ1) is 25.5. The van der Waals surface area contributed by atoms with Crippen LogP contribution in [-0.2, 0) is 0 Å². The smallest absolute Gasteiger partial charge is 0.261 e. The van der Waals surface area contributed by atoms with Gasteiger partial charge in [0.2, 0.25) is 5.82 Å². The zero-order valence-electron chi connectivity index (χ0n) is 19.4. The Balaban J connectivity index is 1.64. The van der Waals surface area contributed by atoms with Crippen molar-refractivity contribution in [3.8, 4) is 0 Å². The van der Waals surface area contributed by atoms with Gasteiger partial charge in [0.25, 0.3) is 11.8 Å². The Morgan fingerprint density at radius 1 is 0.513 bits per heavy atom. The molecule has 11 heteroatoms. The molecule has 0 saturated heterocycles. The Kier molecular flexibility index (Phi) is 6.27. The molecular weight excluding hydrogens is 523 g/mol. The minimum absolute atomic E-state index is 0.00606. The molecular formula is C28H13F5N2O4. The molecule has 0 unspecified atom stereocenters. The minimum Gasteiger partial charge on any atom is -0.321 e. The van der Waals surface area contributed by atoms with E-state index in [0.717, 1.165) is 12.1 Å². The van der Waals surface area contributed by atoms with Gasteiger partial charge < -0.3 is 10.6 Å². The average Bonchev–Trinajstić information content (AvgIpc) is 2.95. The largest absolute Gasteiger partial charge is 0.321 e. The van der Waals surface area contributed by atoms with E-state index >= 15 is 0 Å². The monoisotopic (exact) mass is 536 g/mol. The molecule has 5 rings (SSSR count). The molecule has 0 spiro atoms. The summed E-state index contributed by atoms with van der Waals surface area (Å²) in [5, 5.41) is 4.51. The molecule has 194 valence electrons. The van der Waals surface area contributed by atoms with Crippen LogP contribution in [0, 0.1) is 29.1 Å². The molecule has 39 heavy (non-hydrogen) atoms. The standard InChI is InChI=1S/C28H13F5N2O4/c29-20-19(21(30)23(32)24(33)22(20)31)28(39)35-16-11-10-15(34-27(38)12-6-2-1-3-7-12)17-18(16)26(37)14-9-5-4-8-13(14)25(17)36/h1-11H,(H,34,38)(H,35,39). The van der Waals surface area contributed by atoms with Crippen molar-refractivity contribution in [2.24, 2.45) is 0 Å². The maximum Gasteiger partial charge on any atom is 0.261 e. The molecule has 2 N–H and O–H groups in total. The van der Waals surface area contributed by atoms with Gasteiger partial charge in [0.1, 0.15) is 5.56 Å². The van der Waals surface area contributed by atoms with E-state index in [1.165, 1.54) is 36.4 Å². The van der Waals surface area contributed by atoms with Crippen LogP contribution in [0.2, 0.25) is 0 Å². The van der Waals surface area contributed by atoms with Crippen LogP contribution < -0.4 is 10.6 Å². The van der Waals surface area contributed by atoms with Crippen LogP contribution >= 0.6 is 0 Å². The van der Waals surface area contributed by atoms with Crippen LogP contribution in [0.3, 0.4) is 0 Å². The molecule has 0 radical (unpaired) electrons. The van der Waals surface area contributed by atoms with Gasteiger partial charge in [-0.1, -0.05) is 42.5 Å². The fourth-order valence-corrected chi connectivity index (χ4v) is 4.20. The lowest BCUT2D eigenvalue weighted by molar-refractivity contribution is 0.0977. The minimum atomic E-state index is -2.45. The van der Waals surface area contributed by atoms with Crippen LogP contribution in [0.25, 0.3) is 0 Å². The number of ketones is 2. The number of halogens is 5. The van der Waals surface area contributed by atoms with Crippen molar-refractivity contribution in [2.75, 3.05) is 10.6 Å². The highest BCUT2D eigenvalue weighted by atomic mass is 19.2. The lowest BCUT2D eigenvalue weighted by atomic mass is 9.82. The number of hydrogen-bond acceptors (Lipinski definition) is 4. The molecule has 4 aromatic carbocycles. The van der Waals surface area contributed by atoms with E-state index in [1.54, 1.807) is 18.2 Å². The molecule has 0 fully saturated rings. The highest BCUT2D eigenvalue weighted by Gasteiger charge is 2.36. The van der Waals surface area contributed by atoms with Crippen molar-refractivity contribution in [3.05, 3.63) is 129 Å². The van der Waals surface area contributed by atoms with Crippen molar-refractivity contribution >= 4 is 34.8 Å². The lowest BCUT2D eigenvalue weighted by Crippen LogP contribution is -2.27. The number of carbonyl (C=O) groups is 4. The Hall–Kier alpha value is -5.19. The highest BCUT2D eigenvalue weighted by Crippen LogP contribution is 2.37. The van der Waals surface area contributed by atoms with E-state index < -0.39 is 69.3 Å². The van der Waals surface area contributed by atoms with E-state index in [9.17, 15) is 41.1 Å². The predicted molar refractivity (Wildman–Crippen MR) is 128 cm³/mol. The highest BCUT2D eigenvalue weighted by molar-refractivity contribution is 6.33. The summed E-state index contributed by atoms with van der Waals surface area (Å²) in [5.74, 6) is -15.8. The third kappa shape index (κ3) is 4.13. The molecule has 6 nitrogen and oxygen atoms in total. The Labute approximate surface area is 216 Å². The van der Waals surface area contributed by atoms with Crippen LogP contribution in [0.15, 0.2) is 66.7 Å². The zero-order valence-corrected chi connectivity index (χ0v) is 19.4. The number of anilines is 2. The van der Waals surface area contributed by atoms with Gasteiger partial charge in [0.05, 0.1) is 22.5 Å². The molecule has 0 aromatic heterocycles. The molecule has 0 aliphatic heterocycles. The van der Waals surface area contributed by atoms with Crippen LogP contribution in [0.4, 0.5) is 33.3 Å². The summed E-state index contributed by atoms with van der Waals surface area (Å²) in [7, 11) is 0. The van der Waals surface area contributed by atoms with Gasteiger partial charge in [-0.05, 0) is 24.3 Å². The van der Waals surface area contributed by atoms with Gasteiger partial charge in [0, 0.05) is 16.7 Å². The number of carbonyl (C=O) groups excluding carboxylic acids is 4. The fraction of sp³-hybridized carbons (Fsp3) is 0. The van der Waals surface area contributed by atoms with Gasteiger partial charge in [-0.2, -0.15) is 0 Å². The molecule has 1 aliphatic carbocycles. The van der Waals surface area contributed by atoms with E-state index in [0.29, 0.717) is 0 Å². The SMILES string of the molecule is O=C(Nc1ccc(NC(=O)c2c(F)c(F)c(F)c(F)c2F)c2c1C(=O)c1ccccc1C2=O)c1ccccc1. The lowest BCUT2D eigenvalue weighted by Gasteiger charge is -2.23. The fourth-order valence-electron chi connectivity index (χ4n) is 4.20. The van der Waals surface area contributed by atoms with Gasteiger partial charge in [-0.25, -0.2) is 22.0 Å². The van der Waals surface area contributed by atoms with Gasteiger partial charge in [-0.3, -0.25) is 19.2 Å². The number of nitrogens with one attached hydrogen (secondary N) is 2. The van der Waals surface area contributed by atoms with Crippen molar-refractivity contribution < 1.29 is 41.1 Å². The van der Waals surface area contributed by atoms with Crippen molar-refractivity contribution in [3.63, 3.8) is 0 Å². The van der Waals surface area contributed by atoms with Gasteiger partial charge in [0.15, 0.2) is 34.8 Å². The summed E-state index contributed by atoms with van der Waals surface area (Å²) in [6, 6.07) is 15.8. The number of hydrogen-bond donors (Lipinski definition) is 2. The maximum absolute atomic E-state index is 14.2. The first-order chi connectivity index (χ1) is 18.6.